The summed E-state index contributed by atoms with van der Waals surface area (Å²) in [5.74, 6) is 0.448. The van der Waals surface area contributed by atoms with E-state index in [9.17, 15) is 0 Å². The van der Waals surface area contributed by atoms with E-state index in [0.717, 1.165) is 11.3 Å². The molecule has 2 rings (SSSR count). The minimum atomic E-state index is 0.448. The lowest BCUT2D eigenvalue weighted by Crippen LogP contribution is -1.84. The van der Waals surface area contributed by atoms with Crippen molar-refractivity contribution < 1.29 is 4.52 Å². The lowest BCUT2D eigenvalue weighted by Gasteiger charge is -1.94. The molecule has 0 aliphatic heterocycles. The van der Waals surface area contributed by atoms with Crippen LogP contribution in [0.25, 0.3) is 10.3 Å². The van der Waals surface area contributed by atoms with Crippen LogP contribution < -0.4 is 0 Å². The van der Waals surface area contributed by atoms with E-state index in [0.29, 0.717) is 5.92 Å². The largest absolute Gasteiger partial charge is 0.355 e. The predicted octanol–water partition coefficient (Wildman–Crippen LogP) is 3.32. The molecule has 3 heteroatoms. The Morgan fingerprint density at radius 3 is 2.92 bits per heavy atom. The highest BCUT2D eigenvalue weighted by Gasteiger charge is 2.14. The maximum Gasteiger partial charge on any atom is 0.180 e. The Bertz CT molecular complexity index is 399. The van der Waals surface area contributed by atoms with Crippen molar-refractivity contribution in [1.82, 2.24) is 5.16 Å². The molecule has 0 spiro atoms. The van der Waals surface area contributed by atoms with Gasteiger partial charge in [-0.3, -0.25) is 0 Å². The van der Waals surface area contributed by atoms with Gasteiger partial charge in [-0.1, -0.05) is 19.0 Å². The lowest BCUT2D eigenvalue weighted by molar-refractivity contribution is 0.440. The Hall–Kier alpha value is -0.830. The van der Waals surface area contributed by atoms with Gasteiger partial charge in [-0.05, 0) is 12.3 Å². The van der Waals surface area contributed by atoms with Crippen LogP contribution in [0.2, 0.25) is 0 Å². The smallest absolute Gasteiger partial charge is 0.180 e. The monoisotopic (exact) mass is 181 g/mol. The first-order valence-electron chi connectivity index (χ1n) is 4.03. The van der Waals surface area contributed by atoms with Crippen LogP contribution in [-0.4, -0.2) is 5.16 Å². The van der Waals surface area contributed by atoms with Gasteiger partial charge in [-0.15, -0.1) is 11.3 Å². The molecule has 0 aliphatic rings. The molecule has 0 unspecified atom stereocenters. The van der Waals surface area contributed by atoms with Gasteiger partial charge in [0.2, 0.25) is 0 Å². The van der Waals surface area contributed by atoms with Crippen molar-refractivity contribution in [3.63, 3.8) is 0 Å². The lowest BCUT2D eigenvalue weighted by atomic mass is 10.1. The van der Waals surface area contributed by atoms with E-state index < -0.39 is 0 Å². The Kier molecular flexibility index (Phi) is 1.68. The van der Waals surface area contributed by atoms with Crippen molar-refractivity contribution in [1.29, 1.82) is 0 Å². The quantitative estimate of drug-likeness (QED) is 0.674. The fourth-order valence-electron chi connectivity index (χ4n) is 1.23. The van der Waals surface area contributed by atoms with Gasteiger partial charge < -0.3 is 4.52 Å². The SMILES string of the molecule is Cc1csc2c(C(C)C)noc12. The minimum absolute atomic E-state index is 0.448. The summed E-state index contributed by atoms with van der Waals surface area (Å²) in [6, 6.07) is 0. The topological polar surface area (TPSA) is 26.0 Å². The van der Waals surface area contributed by atoms with Gasteiger partial charge in [0.25, 0.3) is 0 Å². The molecule has 0 fully saturated rings. The van der Waals surface area contributed by atoms with Gasteiger partial charge in [0.15, 0.2) is 5.58 Å². The third-order valence-corrected chi connectivity index (χ3v) is 3.03. The number of nitrogens with zero attached hydrogens (tertiary/aromatic N) is 1. The van der Waals surface area contributed by atoms with Crippen LogP contribution in [0.1, 0.15) is 31.0 Å². The van der Waals surface area contributed by atoms with Crippen molar-refractivity contribution in [2.75, 3.05) is 0 Å². The van der Waals surface area contributed by atoms with Crippen molar-refractivity contribution in [3.8, 4) is 0 Å². The van der Waals surface area contributed by atoms with Crippen molar-refractivity contribution in [2.45, 2.75) is 26.7 Å². The number of fused-ring (bicyclic) bond motifs is 1. The Morgan fingerprint density at radius 2 is 2.25 bits per heavy atom. The van der Waals surface area contributed by atoms with E-state index in [1.807, 2.05) is 6.92 Å². The maximum absolute atomic E-state index is 5.24. The molecule has 0 saturated heterocycles. The summed E-state index contributed by atoms with van der Waals surface area (Å²) in [4.78, 5) is 0. The molecule has 64 valence electrons. The molecule has 0 N–H and O–H groups in total. The summed E-state index contributed by atoms with van der Waals surface area (Å²) in [6.07, 6.45) is 0. The molecular formula is C9H11NOS. The van der Waals surface area contributed by atoms with Crippen LogP contribution in [0.4, 0.5) is 0 Å². The normalized spacial score (nSPS) is 11.7. The highest BCUT2D eigenvalue weighted by atomic mass is 32.1. The summed E-state index contributed by atoms with van der Waals surface area (Å²) in [5, 5.41) is 6.16. The first-order valence-corrected chi connectivity index (χ1v) is 4.91. The van der Waals surface area contributed by atoms with E-state index in [1.54, 1.807) is 11.3 Å². The first-order chi connectivity index (χ1) is 5.70. The zero-order chi connectivity index (χ0) is 8.72. The molecule has 0 amide bonds. The number of rotatable bonds is 1. The molecule has 0 radical (unpaired) electrons. The average Bonchev–Trinajstić information content (AvgIpc) is 2.53. The second-order valence-corrected chi connectivity index (χ2v) is 4.18. The highest BCUT2D eigenvalue weighted by Crippen LogP contribution is 2.31. The van der Waals surface area contributed by atoms with Gasteiger partial charge in [0.05, 0.1) is 4.70 Å². The van der Waals surface area contributed by atoms with Gasteiger partial charge >= 0.3 is 0 Å². The molecule has 0 atom stereocenters. The van der Waals surface area contributed by atoms with Gasteiger partial charge in [0, 0.05) is 11.5 Å². The highest BCUT2D eigenvalue weighted by molar-refractivity contribution is 7.17. The van der Waals surface area contributed by atoms with Crippen LogP contribution in [0.3, 0.4) is 0 Å². The number of thiophene rings is 1. The van der Waals surface area contributed by atoms with E-state index in [1.165, 1.54) is 10.3 Å². The Balaban J connectivity index is 2.71. The number of hydrogen-bond acceptors (Lipinski definition) is 3. The standard InChI is InChI=1S/C9H11NOS/c1-5(2)7-9-8(11-10-7)6(3)4-12-9/h4-5H,1-3H3. The van der Waals surface area contributed by atoms with Gasteiger partial charge in [0.1, 0.15) is 5.69 Å². The van der Waals surface area contributed by atoms with Crippen molar-refractivity contribution >= 4 is 21.6 Å². The second-order valence-electron chi connectivity index (χ2n) is 3.30. The van der Waals surface area contributed by atoms with Crippen LogP contribution in [0.15, 0.2) is 9.90 Å². The van der Waals surface area contributed by atoms with E-state index in [-0.39, 0.29) is 0 Å². The number of aryl methyl sites for hydroxylation is 1. The van der Waals surface area contributed by atoms with Crippen LogP contribution in [0.5, 0.6) is 0 Å². The number of hydrogen-bond donors (Lipinski definition) is 0. The Morgan fingerprint density at radius 1 is 1.50 bits per heavy atom. The van der Waals surface area contributed by atoms with Gasteiger partial charge in [-0.25, -0.2) is 0 Å². The summed E-state index contributed by atoms with van der Waals surface area (Å²) in [5.41, 5.74) is 3.24. The molecule has 0 bridgehead atoms. The fourth-order valence-corrected chi connectivity index (χ4v) is 2.33. The first kappa shape index (κ1) is 7.80. The van der Waals surface area contributed by atoms with Crippen LogP contribution >= 0.6 is 11.3 Å². The third kappa shape index (κ3) is 0.966. The number of aromatic nitrogens is 1. The molecular weight excluding hydrogens is 170 g/mol. The summed E-state index contributed by atoms with van der Waals surface area (Å²) < 4.78 is 6.45. The molecule has 0 saturated carbocycles. The van der Waals surface area contributed by atoms with E-state index >= 15 is 0 Å². The summed E-state index contributed by atoms with van der Waals surface area (Å²) in [6.45, 7) is 6.31. The predicted molar refractivity (Wildman–Crippen MR) is 50.7 cm³/mol. The van der Waals surface area contributed by atoms with Crippen molar-refractivity contribution in [3.05, 3.63) is 16.6 Å². The minimum Gasteiger partial charge on any atom is -0.355 e. The third-order valence-electron chi connectivity index (χ3n) is 1.93. The summed E-state index contributed by atoms with van der Waals surface area (Å²) in [7, 11) is 0. The molecule has 12 heavy (non-hydrogen) atoms. The average molecular weight is 181 g/mol. The van der Waals surface area contributed by atoms with Gasteiger partial charge in [-0.2, -0.15) is 0 Å². The van der Waals surface area contributed by atoms with E-state index in [2.05, 4.69) is 24.4 Å². The molecule has 0 aliphatic carbocycles. The molecule has 2 aromatic heterocycles. The zero-order valence-electron chi connectivity index (χ0n) is 7.42. The zero-order valence-corrected chi connectivity index (χ0v) is 8.23. The van der Waals surface area contributed by atoms with E-state index in [4.69, 9.17) is 4.52 Å². The second kappa shape index (κ2) is 2.59. The molecule has 0 aromatic carbocycles. The van der Waals surface area contributed by atoms with Crippen LogP contribution in [0, 0.1) is 6.92 Å². The summed E-state index contributed by atoms with van der Waals surface area (Å²) >= 11 is 1.72. The fraction of sp³-hybridized carbons (Fsp3) is 0.444. The molecule has 2 aromatic rings. The van der Waals surface area contributed by atoms with Crippen molar-refractivity contribution in [2.24, 2.45) is 0 Å². The molecule has 2 nitrogen and oxygen atoms in total. The van der Waals surface area contributed by atoms with Crippen LogP contribution in [-0.2, 0) is 0 Å². The maximum atomic E-state index is 5.24. The molecule has 2 heterocycles. The Labute approximate surface area is 75.2 Å².